The first-order valence-corrected chi connectivity index (χ1v) is 7.47. The highest BCUT2D eigenvalue weighted by molar-refractivity contribution is 6.30. The molecule has 5 nitrogen and oxygen atoms in total. The zero-order chi connectivity index (χ0) is 14.7. The van der Waals surface area contributed by atoms with Crippen LogP contribution >= 0.6 is 11.6 Å². The second-order valence-corrected chi connectivity index (χ2v) is 5.82. The number of H-pyrrole nitrogens is 1. The highest BCUT2D eigenvalue weighted by Crippen LogP contribution is 2.48. The fourth-order valence-electron chi connectivity index (χ4n) is 2.52. The minimum atomic E-state index is -0.336. The van der Waals surface area contributed by atoms with Gasteiger partial charge in [0.1, 0.15) is 12.2 Å². The number of nitrogens with zero attached hydrogens (tertiary/aromatic N) is 2. The molecule has 1 fully saturated rings. The molecular weight excluding hydrogens is 288 g/mol. The van der Waals surface area contributed by atoms with Gasteiger partial charge in [0.15, 0.2) is 0 Å². The summed E-state index contributed by atoms with van der Waals surface area (Å²) in [6, 6.07) is 7.58. The van der Waals surface area contributed by atoms with Crippen molar-refractivity contribution >= 4 is 17.5 Å². The van der Waals surface area contributed by atoms with E-state index in [-0.39, 0.29) is 11.3 Å². The Kier molecular flexibility index (Phi) is 3.92. The quantitative estimate of drug-likeness (QED) is 0.804. The zero-order valence-electron chi connectivity index (χ0n) is 11.6. The maximum Gasteiger partial charge on any atom is 0.230 e. The molecule has 0 atom stereocenters. The maximum atomic E-state index is 12.4. The van der Waals surface area contributed by atoms with Gasteiger partial charge in [-0.2, -0.15) is 5.10 Å². The van der Waals surface area contributed by atoms with E-state index in [1.165, 1.54) is 6.33 Å². The van der Waals surface area contributed by atoms with Crippen LogP contribution in [0.15, 0.2) is 30.6 Å². The molecule has 1 aliphatic carbocycles. The topological polar surface area (TPSA) is 70.7 Å². The highest BCUT2D eigenvalue weighted by atomic mass is 35.5. The summed E-state index contributed by atoms with van der Waals surface area (Å²) in [6.07, 6.45) is 4.94. The smallest absolute Gasteiger partial charge is 0.230 e. The third-order valence-electron chi connectivity index (χ3n) is 3.92. The number of aromatic amines is 1. The molecule has 0 unspecified atom stereocenters. The molecule has 0 aliphatic heterocycles. The number of nitrogens with one attached hydrogen (secondary N) is 2. The molecule has 1 heterocycles. The highest BCUT2D eigenvalue weighted by Gasteiger charge is 2.50. The molecule has 110 valence electrons. The van der Waals surface area contributed by atoms with Crippen LogP contribution in [-0.2, 0) is 16.6 Å². The van der Waals surface area contributed by atoms with Crippen molar-refractivity contribution in [1.82, 2.24) is 20.5 Å². The monoisotopic (exact) mass is 304 g/mol. The molecule has 0 saturated heterocycles. The molecule has 0 bridgehead atoms. The van der Waals surface area contributed by atoms with Crippen LogP contribution in [0.2, 0.25) is 5.02 Å². The largest absolute Gasteiger partial charge is 0.355 e. The molecule has 3 rings (SSSR count). The summed E-state index contributed by atoms with van der Waals surface area (Å²) in [5, 5.41) is 10.3. The predicted molar refractivity (Wildman–Crippen MR) is 80.1 cm³/mol. The van der Waals surface area contributed by atoms with E-state index in [2.05, 4.69) is 20.5 Å². The first-order chi connectivity index (χ1) is 10.2. The number of halogens is 1. The van der Waals surface area contributed by atoms with Gasteiger partial charge in [-0.3, -0.25) is 9.89 Å². The molecule has 21 heavy (non-hydrogen) atoms. The lowest BCUT2D eigenvalue weighted by molar-refractivity contribution is -0.123. The molecule has 2 aromatic rings. The Balaban J connectivity index is 1.52. The molecular formula is C15H17ClN4O. The Morgan fingerprint density at radius 1 is 1.33 bits per heavy atom. The van der Waals surface area contributed by atoms with Gasteiger partial charge in [0, 0.05) is 18.0 Å². The summed E-state index contributed by atoms with van der Waals surface area (Å²) in [6.45, 7) is 0.648. The van der Waals surface area contributed by atoms with Crippen molar-refractivity contribution in [3.05, 3.63) is 47.0 Å². The summed E-state index contributed by atoms with van der Waals surface area (Å²) in [5.41, 5.74) is 0.719. The predicted octanol–water partition coefficient (Wildman–Crippen LogP) is 2.24. The van der Waals surface area contributed by atoms with Gasteiger partial charge in [0.2, 0.25) is 5.91 Å². The number of aromatic nitrogens is 3. The van der Waals surface area contributed by atoms with Crippen molar-refractivity contribution < 1.29 is 4.79 Å². The van der Waals surface area contributed by atoms with Crippen LogP contribution in [0.5, 0.6) is 0 Å². The molecule has 0 spiro atoms. The van der Waals surface area contributed by atoms with Crippen molar-refractivity contribution in [1.29, 1.82) is 0 Å². The van der Waals surface area contributed by atoms with E-state index in [4.69, 9.17) is 11.6 Å². The standard InChI is InChI=1S/C15H17ClN4O/c16-12-5-3-11(4-6-12)15(7-8-15)14(21)17-9-1-2-13-18-10-19-20-13/h3-6,10H,1-2,7-9H2,(H,17,21)(H,18,19,20). The fourth-order valence-corrected chi connectivity index (χ4v) is 2.64. The van der Waals surface area contributed by atoms with Gasteiger partial charge in [-0.1, -0.05) is 23.7 Å². The summed E-state index contributed by atoms with van der Waals surface area (Å²) >= 11 is 5.90. The number of carbonyl (C=O) groups excluding carboxylic acids is 1. The number of carbonyl (C=O) groups is 1. The van der Waals surface area contributed by atoms with Crippen molar-refractivity contribution in [3.63, 3.8) is 0 Å². The van der Waals surface area contributed by atoms with Gasteiger partial charge in [-0.25, -0.2) is 4.98 Å². The molecule has 1 amide bonds. The van der Waals surface area contributed by atoms with E-state index >= 15 is 0 Å². The van der Waals surface area contributed by atoms with Gasteiger partial charge in [-0.15, -0.1) is 0 Å². The third-order valence-corrected chi connectivity index (χ3v) is 4.17. The van der Waals surface area contributed by atoms with Crippen LogP contribution in [0.4, 0.5) is 0 Å². The first-order valence-electron chi connectivity index (χ1n) is 7.09. The maximum absolute atomic E-state index is 12.4. The molecule has 0 radical (unpaired) electrons. The minimum absolute atomic E-state index is 0.113. The average molecular weight is 305 g/mol. The number of amides is 1. The number of hydrogen-bond donors (Lipinski definition) is 2. The lowest BCUT2D eigenvalue weighted by Crippen LogP contribution is -2.35. The van der Waals surface area contributed by atoms with Crippen LogP contribution in [-0.4, -0.2) is 27.6 Å². The summed E-state index contributed by atoms with van der Waals surface area (Å²) in [4.78, 5) is 16.5. The van der Waals surface area contributed by atoms with Gasteiger partial charge < -0.3 is 5.32 Å². The second-order valence-electron chi connectivity index (χ2n) is 5.38. The van der Waals surface area contributed by atoms with E-state index in [0.717, 1.165) is 37.1 Å². The van der Waals surface area contributed by atoms with Crippen LogP contribution in [0.25, 0.3) is 0 Å². The van der Waals surface area contributed by atoms with E-state index in [1.807, 2.05) is 24.3 Å². The SMILES string of the molecule is O=C(NCCCc1ncn[nH]1)C1(c2ccc(Cl)cc2)CC1. The van der Waals surface area contributed by atoms with Crippen LogP contribution in [0.1, 0.15) is 30.7 Å². The Morgan fingerprint density at radius 2 is 2.10 bits per heavy atom. The number of hydrogen-bond acceptors (Lipinski definition) is 3. The third kappa shape index (κ3) is 3.08. The minimum Gasteiger partial charge on any atom is -0.355 e. The Bertz CT molecular complexity index is 605. The summed E-state index contributed by atoms with van der Waals surface area (Å²) < 4.78 is 0. The summed E-state index contributed by atoms with van der Waals surface area (Å²) in [5.74, 6) is 0.963. The molecule has 6 heteroatoms. The van der Waals surface area contributed by atoms with Crippen molar-refractivity contribution in [2.45, 2.75) is 31.1 Å². The van der Waals surface area contributed by atoms with Gasteiger partial charge in [0.25, 0.3) is 0 Å². The van der Waals surface area contributed by atoms with Crippen LogP contribution in [0.3, 0.4) is 0 Å². The molecule has 1 aromatic carbocycles. The molecule has 1 aromatic heterocycles. The van der Waals surface area contributed by atoms with Crippen LogP contribution < -0.4 is 5.32 Å². The Morgan fingerprint density at radius 3 is 2.71 bits per heavy atom. The first kappa shape index (κ1) is 14.1. The van der Waals surface area contributed by atoms with Crippen LogP contribution in [0, 0.1) is 0 Å². The van der Waals surface area contributed by atoms with E-state index in [1.54, 1.807) is 0 Å². The lowest BCUT2D eigenvalue weighted by atomic mass is 9.95. The van der Waals surface area contributed by atoms with E-state index < -0.39 is 0 Å². The zero-order valence-corrected chi connectivity index (χ0v) is 12.4. The molecule has 1 aliphatic rings. The molecule has 2 N–H and O–H groups in total. The fraction of sp³-hybridized carbons (Fsp3) is 0.400. The van der Waals surface area contributed by atoms with E-state index in [9.17, 15) is 4.79 Å². The van der Waals surface area contributed by atoms with Crippen molar-refractivity contribution in [2.75, 3.05) is 6.54 Å². The number of rotatable bonds is 6. The van der Waals surface area contributed by atoms with Gasteiger partial charge in [-0.05, 0) is 37.0 Å². The number of benzene rings is 1. The Labute approximate surface area is 128 Å². The normalized spacial score (nSPS) is 15.7. The Hall–Kier alpha value is -1.88. The van der Waals surface area contributed by atoms with Crippen molar-refractivity contribution in [3.8, 4) is 0 Å². The average Bonchev–Trinajstić information content (AvgIpc) is 3.14. The van der Waals surface area contributed by atoms with Crippen molar-refractivity contribution in [2.24, 2.45) is 0 Å². The van der Waals surface area contributed by atoms with E-state index in [0.29, 0.717) is 11.6 Å². The van der Waals surface area contributed by atoms with Gasteiger partial charge >= 0.3 is 0 Å². The number of aryl methyl sites for hydroxylation is 1. The molecule has 1 saturated carbocycles. The summed E-state index contributed by atoms with van der Waals surface area (Å²) in [7, 11) is 0. The lowest BCUT2D eigenvalue weighted by Gasteiger charge is -2.15. The van der Waals surface area contributed by atoms with Gasteiger partial charge in [0.05, 0.1) is 5.41 Å². The second kappa shape index (κ2) is 5.85.